The minimum Gasteiger partial charge on any atom is -0.416 e. The Morgan fingerprint density at radius 3 is 2.88 bits per heavy atom. The van der Waals surface area contributed by atoms with E-state index in [1.54, 1.807) is 0 Å². The summed E-state index contributed by atoms with van der Waals surface area (Å²) in [6.45, 7) is 1.87. The van der Waals surface area contributed by atoms with E-state index in [9.17, 15) is 4.79 Å². The Balaban J connectivity index is 2.32. The van der Waals surface area contributed by atoms with E-state index in [0.717, 1.165) is 0 Å². The van der Waals surface area contributed by atoms with Crippen LogP contribution in [-0.4, -0.2) is 12.4 Å². The van der Waals surface area contributed by atoms with Gasteiger partial charge in [0.1, 0.15) is 0 Å². The van der Waals surface area contributed by atoms with Crippen molar-refractivity contribution in [2.75, 3.05) is 0 Å². The summed E-state index contributed by atoms with van der Waals surface area (Å²) in [4.78, 5) is 14.7. The van der Waals surface area contributed by atoms with Gasteiger partial charge in [0.15, 0.2) is 0 Å². The molecule has 4 nitrogen and oxygen atoms in total. The third-order valence-electron chi connectivity index (χ3n) is 0.846. The molecule has 1 amide bonds. The fraction of sp³-hybridized carbons (Fsp3) is 0.750. The molecule has 0 saturated carbocycles. The molecule has 1 saturated heterocycles. The molecular formula is C4H7NO3. The van der Waals surface area contributed by atoms with Gasteiger partial charge in [-0.05, 0) is 0 Å². The van der Waals surface area contributed by atoms with Crippen molar-refractivity contribution >= 4 is 6.09 Å². The molecule has 0 spiro atoms. The van der Waals surface area contributed by atoms with Gasteiger partial charge in [-0.15, -0.1) is 0 Å². The van der Waals surface area contributed by atoms with E-state index in [0.29, 0.717) is 6.42 Å². The van der Waals surface area contributed by atoms with Crippen LogP contribution in [0.2, 0.25) is 0 Å². The SMILES string of the molecule is CCC1ONC(=O)O1. The van der Waals surface area contributed by atoms with Crippen LogP contribution >= 0.6 is 0 Å². The number of rotatable bonds is 1. The first-order valence-electron chi connectivity index (χ1n) is 2.45. The molecule has 0 bridgehead atoms. The van der Waals surface area contributed by atoms with E-state index in [4.69, 9.17) is 0 Å². The van der Waals surface area contributed by atoms with Gasteiger partial charge < -0.3 is 4.74 Å². The fourth-order valence-electron chi connectivity index (χ4n) is 0.448. The molecule has 1 fully saturated rings. The third kappa shape index (κ3) is 0.894. The van der Waals surface area contributed by atoms with Crippen LogP contribution in [0, 0.1) is 0 Å². The maximum atomic E-state index is 10.2. The van der Waals surface area contributed by atoms with E-state index >= 15 is 0 Å². The van der Waals surface area contributed by atoms with Crippen LogP contribution in [0.1, 0.15) is 13.3 Å². The van der Waals surface area contributed by atoms with Gasteiger partial charge in [-0.25, -0.2) is 9.63 Å². The summed E-state index contributed by atoms with van der Waals surface area (Å²) in [5, 5.41) is 0. The van der Waals surface area contributed by atoms with E-state index < -0.39 is 6.09 Å². The lowest BCUT2D eigenvalue weighted by Gasteiger charge is -1.98. The fourth-order valence-corrected chi connectivity index (χ4v) is 0.448. The summed E-state index contributed by atoms with van der Waals surface area (Å²) in [6, 6.07) is 0. The van der Waals surface area contributed by atoms with Gasteiger partial charge in [-0.3, -0.25) is 0 Å². The lowest BCUT2D eigenvalue weighted by molar-refractivity contribution is -0.0590. The summed E-state index contributed by atoms with van der Waals surface area (Å²) in [6.07, 6.45) is -0.210. The first kappa shape index (κ1) is 5.37. The highest BCUT2D eigenvalue weighted by molar-refractivity contribution is 5.66. The smallest absolute Gasteiger partial charge is 0.416 e. The van der Waals surface area contributed by atoms with Crippen LogP contribution in [-0.2, 0) is 9.57 Å². The largest absolute Gasteiger partial charge is 0.433 e. The number of hydroxylamine groups is 1. The molecule has 1 aliphatic rings. The first-order valence-corrected chi connectivity index (χ1v) is 2.45. The zero-order valence-corrected chi connectivity index (χ0v) is 4.51. The van der Waals surface area contributed by atoms with Crippen molar-refractivity contribution in [2.24, 2.45) is 0 Å². The molecule has 0 radical (unpaired) electrons. The summed E-state index contributed by atoms with van der Waals surface area (Å²) in [5.41, 5.74) is 2.06. The zero-order chi connectivity index (χ0) is 5.98. The molecule has 1 unspecified atom stereocenters. The van der Waals surface area contributed by atoms with Gasteiger partial charge in [-0.2, -0.15) is 5.48 Å². The highest BCUT2D eigenvalue weighted by Crippen LogP contribution is 2.03. The topological polar surface area (TPSA) is 47.6 Å². The Hall–Kier alpha value is -0.770. The number of carbonyl (C=O) groups excluding carboxylic acids is 1. The van der Waals surface area contributed by atoms with Gasteiger partial charge in [0.2, 0.25) is 6.29 Å². The molecule has 46 valence electrons. The lowest BCUT2D eigenvalue weighted by atomic mass is 10.5. The molecular weight excluding hydrogens is 110 g/mol. The Morgan fingerprint density at radius 2 is 2.62 bits per heavy atom. The second-order valence-corrected chi connectivity index (χ2v) is 1.46. The molecule has 4 heteroatoms. The third-order valence-corrected chi connectivity index (χ3v) is 0.846. The second-order valence-electron chi connectivity index (χ2n) is 1.46. The standard InChI is InChI=1S/C4H7NO3/c1-2-3-7-4(6)5-8-3/h3H,2H2,1H3,(H,5,6). The van der Waals surface area contributed by atoms with Gasteiger partial charge in [0.25, 0.3) is 0 Å². The van der Waals surface area contributed by atoms with Crippen LogP contribution in [0.15, 0.2) is 0 Å². The predicted molar refractivity (Wildman–Crippen MR) is 24.8 cm³/mol. The van der Waals surface area contributed by atoms with E-state index in [1.807, 2.05) is 6.92 Å². The number of carbonyl (C=O) groups is 1. The molecule has 1 heterocycles. The molecule has 0 aliphatic carbocycles. The van der Waals surface area contributed by atoms with Crippen molar-refractivity contribution < 1.29 is 14.4 Å². The van der Waals surface area contributed by atoms with Gasteiger partial charge in [0, 0.05) is 6.42 Å². The van der Waals surface area contributed by atoms with E-state index in [1.165, 1.54) is 0 Å². The summed E-state index contributed by atoms with van der Waals surface area (Å²) >= 11 is 0. The summed E-state index contributed by atoms with van der Waals surface area (Å²) < 4.78 is 4.54. The maximum Gasteiger partial charge on any atom is 0.433 e. The maximum absolute atomic E-state index is 10.2. The van der Waals surface area contributed by atoms with Crippen molar-refractivity contribution in [3.8, 4) is 0 Å². The Kier molecular flexibility index (Phi) is 1.34. The molecule has 0 aromatic heterocycles. The predicted octanol–water partition coefficient (Wildman–Crippen LogP) is 0.394. The monoisotopic (exact) mass is 117 g/mol. The Morgan fingerprint density at radius 1 is 1.88 bits per heavy atom. The van der Waals surface area contributed by atoms with E-state index in [-0.39, 0.29) is 6.29 Å². The highest BCUT2D eigenvalue weighted by atomic mass is 16.9. The zero-order valence-electron chi connectivity index (χ0n) is 4.51. The molecule has 0 aromatic carbocycles. The molecule has 1 aliphatic heterocycles. The first-order chi connectivity index (χ1) is 3.83. The number of amides is 1. The Bertz CT molecular complexity index is 103. The number of ether oxygens (including phenoxy) is 1. The second kappa shape index (κ2) is 2.00. The minimum absolute atomic E-state index is 0.387. The number of hydrogen-bond acceptors (Lipinski definition) is 3. The summed E-state index contributed by atoms with van der Waals surface area (Å²) in [7, 11) is 0. The average molecular weight is 117 g/mol. The van der Waals surface area contributed by atoms with Crippen molar-refractivity contribution in [1.29, 1.82) is 0 Å². The van der Waals surface area contributed by atoms with Crippen molar-refractivity contribution in [2.45, 2.75) is 19.6 Å². The Labute approximate surface area is 46.7 Å². The molecule has 8 heavy (non-hydrogen) atoms. The molecule has 1 atom stereocenters. The van der Waals surface area contributed by atoms with E-state index in [2.05, 4.69) is 15.1 Å². The minimum atomic E-state index is -0.503. The summed E-state index contributed by atoms with van der Waals surface area (Å²) in [5.74, 6) is 0. The van der Waals surface area contributed by atoms with Gasteiger partial charge in [-0.1, -0.05) is 6.92 Å². The molecule has 1 rings (SSSR count). The normalized spacial score (nSPS) is 27.1. The van der Waals surface area contributed by atoms with Gasteiger partial charge >= 0.3 is 6.09 Å². The highest BCUT2D eigenvalue weighted by Gasteiger charge is 2.20. The number of hydrogen-bond donors (Lipinski definition) is 1. The average Bonchev–Trinajstić information content (AvgIpc) is 2.14. The van der Waals surface area contributed by atoms with Crippen molar-refractivity contribution in [1.82, 2.24) is 5.48 Å². The molecule has 0 aromatic rings. The van der Waals surface area contributed by atoms with Crippen molar-refractivity contribution in [3.63, 3.8) is 0 Å². The lowest BCUT2D eigenvalue weighted by Crippen LogP contribution is -2.10. The van der Waals surface area contributed by atoms with Crippen LogP contribution in [0.5, 0.6) is 0 Å². The van der Waals surface area contributed by atoms with Crippen LogP contribution in [0.4, 0.5) is 4.79 Å². The molecule has 1 N–H and O–H groups in total. The number of cyclic esters (lactones) is 1. The van der Waals surface area contributed by atoms with Crippen LogP contribution in [0.25, 0.3) is 0 Å². The quantitative estimate of drug-likeness (QED) is 0.540. The van der Waals surface area contributed by atoms with Crippen molar-refractivity contribution in [3.05, 3.63) is 0 Å². The number of nitrogens with one attached hydrogen (secondary N) is 1. The van der Waals surface area contributed by atoms with Gasteiger partial charge in [0.05, 0.1) is 0 Å². The van der Waals surface area contributed by atoms with Crippen LogP contribution in [0.3, 0.4) is 0 Å². The van der Waals surface area contributed by atoms with Crippen LogP contribution < -0.4 is 5.48 Å².